The van der Waals surface area contributed by atoms with Gasteiger partial charge in [-0.05, 0) is 37.1 Å². The number of anilines is 2. The molecule has 0 saturated heterocycles. The summed E-state index contributed by atoms with van der Waals surface area (Å²) in [7, 11) is 3.79. The molecule has 1 heterocycles. The quantitative estimate of drug-likeness (QED) is 0.687. The van der Waals surface area contributed by atoms with E-state index < -0.39 is 0 Å². The summed E-state index contributed by atoms with van der Waals surface area (Å²) in [5, 5.41) is 0. The van der Waals surface area contributed by atoms with Gasteiger partial charge in [-0.25, -0.2) is 0 Å². The summed E-state index contributed by atoms with van der Waals surface area (Å²) in [5.41, 5.74) is 2.41. The van der Waals surface area contributed by atoms with Crippen molar-refractivity contribution in [2.24, 2.45) is 5.92 Å². The van der Waals surface area contributed by atoms with Gasteiger partial charge in [0.2, 0.25) is 0 Å². The number of nitrogens with zero attached hydrogens (tertiary/aromatic N) is 2. The Morgan fingerprint density at radius 1 is 0.963 bits per heavy atom. The van der Waals surface area contributed by atoms with Gasteiger partial charge < -0.3 is 24.0 Å². The fourth-order valence-corrected chi connectivity index (χ4v) is 3.50. The molecule has 0 aromatic heterocycles. The van der Waals surface area contributed by atoms with Gasteiger partial charge in [-0.15, -0.1) is 0 Å². The molecule has 3 rings (SSSR count). The van der Waals surface area contributed by atoms with Crippen LogP contribution in [0, 0.1) is 5.92 Å². The molecular formula is C22H30N2O3. The van der Waals surface area contributed by atoms with Crippen molar-refractivity contribution in [3.63, 3.8) is 0 Å². The van der Waals surface area contributed by atoms with Gasteiger partial charge >= 0.3 is 0 Å². The number of rotatable bonds is 8. The van der Waals surface area contributed by atoms with Crippen molar-refractivity contribution in [3.8, 4) is 17.2 Å². The van der Waals surface area contributed by atoms with Gasteiger partial charge in [0.05, 0.1) is 25.1 Å². The van der Waals surface area contributed by atoms with Crippen LogP contribution < -0.4 is 24.0 Å². The second kappa shape index (κ2) is 8.42. The lowest BCUT2D eigenvalue weighted by molar-refractivity contribution is 0.280. The van der Waals surface area contributed by atoms with Crippen LogP contribution in [0.25, 0.3) is 0 Å². The summed E-state index contributed by atoms with van der Waals surface area (Å²) in [5.74, 6) is 3.07. The zero-order chi connectivity index (χ0) is 19.4. The van der Waals surface area contributed by atoms with E-state index in [1.165, 1.54) is 11.4 Å². The summed E-state index contributed by atoms with van der Waals surface area (Å²) in [4.78, 5) is 4.70. The second-order valence-electron chi connectivity index (χ2n) is 7.21. The van der Waals surface area contributed by atoms with E-state index in [-0.39, 0.29) is 6.17 Å². The SMILES string of the molecule is CCOc1ccc2c(c1)N(CC(C)C)C(COc1cccc(OC)c1)N2C. The summed E-state index contributed by atoms with van der Waals surface area (Å²) in [6, 6.07) is 14.1. The molecule has 146 valence electrons. The molecule has 0 bridgehead atoms. The number of hydrogen-bond donors (Lipinski definition) is 0. The van der Waals surface area contributed by atoms with E-state index in [9.17, 15) is 0 Å². The molecule has 0 N–H and O–H groups in total. The molecule has 0 saturated carbocycles. The lowest BCUT2D eigenvalue weighted by Gasteiger charge is -2.32. The number of likely N-dealkylation sites (N-methyl/N-ethyl adjacent to an activating group) is 1. The van der Waals surface area contributed by atoms with Crippen LogP contribution in [-0.2, 0) is 0 Å². The van der Waals surface area contributed by atoms with Crippen molar-refractivity contribution in [3.05, 3.63) is 42.5 Å². The van der Waals surface area contributed by atoms with Crippen LogP contribution in [0.1, 0.15) is 20.8 Å². The van der Waals surface area contributed by atoms with Crippen LogP contribution in [-0.4, -0.2) is 40.1 Å². The van der Waals surface area contributed by atoms with E-state index in [0.29, 0.717) is 19.1 Å². The molecule has 27 heavy (non-hydrogen) atoms. The standard InChI is InChI=1S/C22H30N2O3/c1-6-26-19-10-11-20-21(13-19)24(14-16(2)3)22(23(20)4)15-27-18-9-7-8-17(12-18)25-5/h7-13,16,22H,6,14-15H2,1-5H3. The highest BCUT2D eigenvalue weighted by atomic mass is 16.5. The van der Waals surface area contributed by atoms with E-state index >= 15 is 0 Å². The van der Waals surface area contributed by atoms with Crippen LogP contribution in [0.4, 0.5) is 11.4 Å². The number of ether oxygens (including phenoxy) is 3. The summed E-state index contributed by atoms with van der Waals surface area (Å²) >= 11 is 0. The minimum atomic E-state index is 0.130. The zero-order valence-electron chi connectivity index (χ0n) is 16.9. The zero-order valence-corrected chi connectivity index (χ0v) is 16.9. The van der Waals surface area contributed by atoms with Gasteiger partial charge in [-0.1, -0.05) is 19.9 Å². The Morgan fingerprint density at radius 2 is 1.70 bits per heavy atom. The molecule has 1 atom stereocenters. The molecule has 0 aliphatic carbocycles. The van der Waals surface area contributed by atoms with Crippen LogP contribution in [0.2, 0.25) is 0 Å². The minimum absolute atomic E-state index is 0.130. The Morgan fingerprint density at radius 3 is 2.41 bits per heavy atom. The fraction of sp³-hybridized carbons (Fsp3) is 0.455. The summed E-state index contributed by atoms with van der Waals surface area (Å²) < 4.78 is 17.1. The maximum Gasteiger partial charge on any atom is 0.136 e. The van der Waals surface area contributed by atoms with Crippen molar-refractivity contribution in [1.82, 2.24) is 0 Å². The highest BCUT2D eigenvalue weighted by molar-refractivity contribution is 5.78. The van der Waals surface area contributed by atoms with E-state index in [2.05, 4.69) is 42.8 Å². The first kappa shape index (κ1) is 19.2. The highest BCUT2D eigenvalue weighted by Crippen LogP contribution is 2.41. The summed E-state index contributed by atoms with van der Waals surface area (Å²) in [6.45, 7) is 8.68. The molecule has 2 aromatic rings. The van der Waals surface area contributed by atoms with Gasteiger partial charge in [-0.2, -0.15) is 0 Å². The third kappa shape index (κ3) is 4.24. The molecule has 2 aromatic carbocycles. The minimum Gasteiger partial charge on any atom is -0.497 e. The molecule has 5 heteroatoms. The van der Waals surface area contributed by atoms with Gasteiger partial charge in [-0.3, -0.25) is 0 Å². The van der Waals surface area contributed by atoms with E-state index in [4.69, 9.17) is 14.2 Å². The lowest BCUT2D eigenvalue weighted by atomic mass is 10.2. The molecular weight excluding hydrogens is 340 g/mol. The molecule has 1 aliphatic heterocycles. The predicted molar refractivity (Wildman–Crippen MR) is 110 cm³/mol. The largest absolute Gasteiger partial charge is 0.497 e. The smallest absolute Gasteiger partial charge is 0.136 e. The fourth-order valence-electron chi connectivity index (χ4n) is 3.50. The van der Waals surface area contributed by atoms with Crippen LogP contribution >= 0.6 is 0 Å². The van der Waals surface area contributed by atoms with E-state index in [1.54, 1.807) is 7.11 Å². The monoisotopic (exact) mass is 370 g/mol. The van der Waals surface area contributed by atoms with Crippen molar-refractivity contribution >= 4 is 11.4 Å². The molecule has 1 aliphatic rings. The number of benzene rings is 2. The Bertz CT molecular complexity index is 763. The average Bonchev–Trinajstić information content (AvgIpc) is 2.91. The topological polar surface area (TPSA) is 34.2 Å². The predicted octanol–water partition coefficient (Wildman–Crippen LogP) is 4.41. The third-order valence-corrected chi connectivity index (χ3v) is 4.76. The van der Waals surface area contributed by atoms with Gasteiger partial charge in [0.25, 0.3) is 0 Å². The summed E-state index contributed by atoms with van der Waals surface area (Å²) in [6.07, 6.45) is 0.130. The normalized spacial score (nSPS) is 15.9. The highest BCUT2D eigenvalue weighted by Gasteiger charge is 2.34. The van der Waals surface area contributed by atoms with Gasteiger partial charge in [0.15, 0.2) is 0 Å². The molecule has 5 nitrogen and oxygen atoms in total. The average molecular weight is 370 g/mol. The molecule has 0 amide bonds. The van der Waals surface area contributed by atoms with Crippen LogP contribution in [0.3, 0.4) is 0 Å². The van der Waals surface area contributed by atoms with Crippen molar-refractivity contribution in [2.75, 3.05) is 43.7 Å². The second-order valence-corrected chi connectivity index (χ2v) is 7.21. The molecule has 0 spiro atoms. The molecule has 1 unspecified atom stereocenters. The van der Waals surface area contributed by atoms with Crippen molar-refractivity contribution < 1.29 is 14.2 Å². The maximum atomic E-state index is 6.13. The first-order chi connectivity index (χ1) is 13.0. The van der Waals surface area contributed by atoms with Gasteiger partial charge in [0, 0.05) is 25.7 Å². The Kier molecular flexibility index (Phi) is 5.99. The number of hydrogen-bond acceptors (Lipinski definition) is 5. The molecule has 0 fully saturated rings. The number of methoxy groups -OCH3 is 1. The Balaban J connectivity index is 1.82. The first-order valence-electron chi connectivity index (χ1n) is 9.56. The first-order valence-corrected chi connectivity index (χ1v) is 9.56. The van der Waals surface area contributed by atoms with Crippen LogP contribution in [0.15, 0.2) is 42.5 Å². The van der Waals surface area contributed by atoms with Crippen molar-refractivity contribution in [2.45, 2.75) is 26.9 Å². The maximum absolute atomic E-state index is 6.13. The number of fused-ring (bicyclic) bond motifs is 1. The lowest BCUT2D eigenvalue weighted by Crippen LogP contribution is -2.47. The third-order valence-electron chi connectivity index (χ3n) is 4.76. The van der Waals surface area contributed by atoms with Crippen LogP contribution in [0.5, 0.6) is 17.2 Å². The molecule has 0 radical (unpaired) electrons. The van der Waals surface area contributed by atoms with Crippen molar-refractivity contribution in [1.29, 1.82) is 0 Å². The van der Waals surface area contributed by atoms with E-state index in [1.807, 2.05) is 37.3 Å². The Labute approximate surface area is 162 Å². The Hall–Kier alpha value is -2.56. The van der Waals surface area contributed by atoms with Gasteiger partial charge in [0.1, 0.15) is 30.0 Å². The van der Waals surface area contributed by atoms with E-state index in [0.717, 1.165) is 23.8 Å².